The highest BCUT2D eigenvalue weighted by atomic mass is 32.1. The number of amides is 2. The van der Waals surface area contributed by atoms with Crippen LogP contribution in [-0.2, 0) is 16.0 Å². The van der Waals surface area contributed by atoms with Gasteiger partial charge in [0.15, 0.2) is 5.11 Å². The minimum absolute atomic E-state index is 0.0964. The summed E-state index contributed by atoms with van der Waals surface area (Å²) >= 11 is 5.49. The fourth-order valence-electron chi connectivity index (χ4n) is 4.82. The lowest BCUT2D eigenvalue weighted by molar-refractivity contribution is -0.166. The molecule has 0 saturated carbocycles. The number of alkyl halides is 3. The second-order valence-electron chi connectivity index (χ2n) is 10.1. The van der Waals surface area contributed by atoms with Crippen molar-refractivity contribution in [3.63, 3.8) is 0 Å². The molecule has 4 rings (SSSR count). The van der Waals surface area contributed by atoms with Gasteiger partial charge in [-0.1, -0.05) is 12.1 Å². The number of aliphatic hydroxyl groups excluding tert-OH is 1. The number of aryl methyl sites for hydroxylation is 1. The molecular formula is C26H26F4N4O3S. The number of likely N-dealkylation sites (tertiary alicyclic amines) is 1. The Labute approximate surface area is 222 Å². The number of anilines is 1. The largest absolute Gasteiger partial charge is 0.396 e. The van der Waals surface area contributed by atoms with Crippen LogP contribution in [0.25, 0.3) is 0 Å². The van der Waals surface area contributed by atoms with Crippen molar-refractivity contribution in [2.75, 3.05) is 18.0 Å². The lowest BCUT2D eigenvalue weighted by Gasteiger charge is -2.35. The number of allylic oxidation sites excluding steroid dienone is 3. The Bertz CT molecular complexity index is 1260. The van der Waals surface area contributed by atoms with E-state index in [0.717, 1.165) is 17.1 Å². The van der Waals surface area contributed by atoms with E-state index in [4.69, 9.17) is 17.5 Å². The highest BCUT2D eigenvalue weighted by Gasteiger charge is 2.52. The highest BCUT2D eigenvalue weighted by Crippen LogP contribution is 2.41. The molecule has 7 nitrogen and oxygen atoms in total. The van der Waals surface area contributed by atoms with E-state index in [1.807, 2.05) is 0 Å². The summed E-state index contributed by atoms with van der Waals surface area (Å²) in [5, 5.41) is 18.3. The number of carbonyl (C=O) groups excluding carboxylic acids is 2. The van der Waals surface area contributed by atoms with Gasteiger partial charge in [0.05, 0.1) is 24.0 Å². The number of nitrogens with zero attached hydrogens (tertiary/aromatic N) is 4. The van der Waals surface area contributed by atoms with Gasteiger partial charge in [0.1, 0.15) is 11.4 Å². The van der Waals surface area contributed by atoms with Gasteiger partial charge in [0.2, 0.25) is 5.91 Å². The van der Waals surface area contributed by atoms with Gasteiger partial charge in [-0.05, 0) is 68.8 Å². The fraction of sp³-hybridized carbons (Fsp3) is 0.462. The third-order valence-corrected chi connectivity index (χ3v) is 7.38. The van der Waals surface area contributed by atoms with Crippen LogP contribution in [-0.4, -0.2) is 62.7 Å². The number of benzene rings is 1. The SMILES string of the molecule is CC1(C)C(=O)N(C2=CC(C(F)(F)F)C(C#N)C=C2)C(=S)N1c1ccc(CCCC(=O)N2CC(O)C2)c(F)c1. The molecule has 2 amide bonds. The number of nitriles is 1. The molecule has 1 aromatic rings. The van der Waals surface area contributed by atoms with Gasteiger partial charge >= 0.3 is 6.18 Å². The maximum atomic E-state index is 15.0. The Balaban J connectivity index is 1.52. The third kappa shape index (κ3) is 5.05. The first-order valence-electron chi connectivity index (χ1n) is 12.0. The third-order valence-electron chi connectivity index (χ3n) is 7.01. The molecule has 3 aliphatic rings. The average molecular weight is 551 g/mol. The van der Waals surface area contributed by atoms with Crippen molar-refractivity contribution >= 4 is 34.8 Å². The maximum Gasteiger partial charge on any atom is 0.396 e. The topological polar surface area (TPSA) is 87.9 Å². The molecule has 2 heterocycles. The number of carbonyl (C=O) groups is 2. The second-order valence-corrected chi connectivity index (χ2v) is 10.4. The van der Waals surface area contributed by atoms with Crippen molar-refractivity contribution in [1.29, 1.82) is 5.26 Å². The Morgan fingerprint density at radius 1 is 1.29 bits per heavy atom. The van der Waals surface area contributed by atoms with E-state index in [9.17, 15) is 27.9 Å². The van der Waals surface area contributed by atoms with Gasteiger partial charge in [-0.2, -0.15) is 18.4 Å². The lowest BCUT2D eigenvalue weighted by atomic mass is 9.87. The van der Waals surface area contributed by atoms with Crippen LogP contribution in [0.1, 0.15) is 32.3 Å². The van der Waals surface area contributed by atoms with Crippen LogP contribution in [0.15, 0.2) is 42.1 Å². The van der Waals surface area contributed by atoms with Crippen LogP contribution >= 0.6 is 12.2 Å². The molecule has 2 fully saturated rings. The van der Waals surface area contributed by atoms with E-state index >= 15 is 4.39 Å². The first-order valence-corrected chi connectivity index (χ1v) is 12.5. The molecule has 2 saturated heterocycles. The molecule has 1 aromatic carbocycles. The number of halogens is 4. The van der Waals surface area contributed by atoms with E-state index in [-0.39, 0.29) is 28.8 Å². The van der Waals surface area contributed by atoms with E-state index in [1.165, 1.54) is 41.9 Å². The van der Waals surface area contributed by atoms with Crippen LogP contribution in [0.2, 0.25) is 0 Å². The fourth-order valence-corrected chi connectivity index (χ4v) is 5.34. The zero-order valence-electron chi connectivity index (χ0n) is 20.7. The summed E-state index contributed by atoms with van der Waals surface area (Å²) in [4.78, 5) is 29.3. The van der Waals surface area contributed by atoms with Crippen LogP contribution < -0.4 is 4.90 Å². The van der Waals surface area contributed by atoms with E-state index < -0.39 is 41.4 Å². The molecule has 1 aliphatic carbocycles. The molecule has 0 spiro atoms. The molecular weight excluding hydrogens is 524 g/mol. The van der Waals surface area contributed by atoms with Gasteiger partial charge in [0, 0.05) is 30.9 Å². The predicted octanol–water partition coefficient (Wildman–Crippen LogP) is 3.84. The number of rotatable bonds is 6. The quantitative estimate of drug-likeness (QED) is 0.428. The second kappa shape index (κ2) is 10.1. The molecule has 38 heavy (non-hydrogen) atoms. The normalized spacial score (nSPS) is 23.4. The van der Waals surface area contributed by atoms with Crippen LogP contribution in [0.5, 0.6) is 0 Å². The first-order chi connectivity index (χ1) is 17.8. The zero-order valence-corrected chi connectivity index (χ0v) is 21.5. The van der Waals surface area contributed by atoms with Gasteiger partial charge in [0.25, 0.3) is 5.91 Å². The smallest absolute Gasteiger partial charge is 0.389 e. The molecule has 2 unspecified atom stereocenters. The first kappa shape index (κ1) is 27.7. The number of hydrogen-bond acceptors (Lipinski definition) is 5. The minimum atomic E-state index is -4.70. The monoisotopic (exact) mass is 550 g/mol. The molecule has 2 aliphatic heterocycles. The number of hydrogen-bond donors (Lipinski definition) is 1. The number of β-amino-alcohol motifs (C(OH)–C–C–N with tert-alkyl or cyclic N) is 1. The van der Waals surface area contributed by atoms with E-state index in [2.05, 4.69) is 0 Å². The molecule has 2 atom stereocenters. The van der Waals surface area contributed by atoms with Crippen molar-refractivity contribution < 1.29 is 32.3 Å². The Hall–Kier alpha value is -3.30. The Morgan fingerprint density at radius 2 is 1.97 bits per heavy atom. The standard InChI is InChI=1S/C26H26F4N4O3S/c1-25(2)23(37)33(17-8-7-16(12-31)20(10-17)26(28,29)30)24(38)34(25)18-9-6-15(21(27)11-18)4-3-5-22(36)32-13-19(35)14-32/h6-11,16,19-20,35H,3-5,13-14H2,1-2H3. The summed E-state index contributed by atoms with van der Waals surface area (Å²) in [6.45, 7) is 3.70. The zero-order chi connectivity index (χ0) is 28.0. The maximum absolute atomic E-state index is 15.0. The predicted molar refractivity (Wildman–Crippen MR) is 134 cm³/mol. The summed E-state index contributed by atoms with van der Waals surface area (Å²) in [6, 6.07) is 5.94. The van der Waals surface area contributed by atoms with Crippen molar-refractivity contribution in [2.45, 2.75) is 50.9 Å². The van der Waals surface area contributed by atoms with E-state index in [1.54, 1.807) is 12.1 Å². The summed E-state index contributed by atoms with van der Waals surface area (Å²) in [7, 11) is 0. The van der Waals surface area contributed by atoms with Crippen molar-refractivity contribution in [2.24, 2.45) is 11.8 Å². The van der Waals surface area contributed by atoms with Crippen molar-refractivity contribution in [3.8, 4) is 6.07 Å². The van der Waals surface area contributed by atoms with Gasteiger partial charge in [-0.3, -0.25) is 14.5 Å². The summed E-state index contributed by atoms with van der Waals surface area (Å²) in [5.74, 6) is -4.79. The summed E-state index contributed by atoms with van der Waals surface area (Å²) in [6.07, 6.45) is -1.07. The Kier molecular flexibility index (Phi) is 7.38. The molecule has 0 bridgehead atoms. The summed E-state index contributed by atoms with van der Waals surface area (Å²) in [5.41, 5.74) is -0.802. The van der Waals surface area contributed by atoms with Crippen LogP contribution in [0.4, 0.5) is 23.2 Å². The van der Waals surface area contributed by atoms with E-state index in [0.29, 0.717) is 31.5 Å². The number of thiocarbonyl (C=S) groups is 1. The number of aliphatic hydroxyl groups is 1. The van der Waals surface area contributed by atoms with Gasteiger partial charge in [-0.25, -0.2) is 4.39 Å². The average Bonchev–Trinajstić information content (AvgIpc) is 3.00. The van der Waals surface area contributed by atoms with Gasteiger partial charge in [-0.15, -0.1) is 0 Å². The van der Waals surface area contributed by atoms with Crippen LogP contribution in [0, 0.1) is 29.0 Å². The molecule has 0 radical (unpaired) electrons. The highest BCUT2D eigenvalue weighted by molar-refractivity contribution is 7.80. The molecule has 0 aromatic heterocycles. The Morgan fingerprint density at radius 3 is 2.55 bits per heavy atom. The molecule has 12 heteroatoms. The lowest BCUT2D eigenvalue weighted by Crippen LogP contribution is -2.53. The van der Waals surface area contributed by atoms with Crippen molar-refractivity contribution in [3.05, 3.63) is 53.5 Å². The minimum Gasteiger partial charge on any atom is -0.389 e. The van der Waals surface area contributed by atoms with Gasteiger partial charge < -0.3 is 14.9 Å². The summed E-state index contributed by atoms with van der Waals surface area (Å²) < 4.78 is 55.7. The van der Waals surface area contributed by atoms with Crippen LogP contribution in [0.3, 0.4) is 0 Å². The molecule has 1 N–H and O–H groups in total. The van der Waals surface area contributed by atoms with Crippen molar-refractivity contribution in [1.82, 2.24) is 9.80 Å². The molecule has 202 valence electrons.